The van der Waals surface area contributed by atoms with Crippen molar-refractivity contribution in [1.29, 1.82) is 0 Å². The highest BCUT2D eigenvalue weighted by atomic mass is 32.2. The Morgan fingerprint density at radius 1 is 1.04 bits per heavy atom. The van der Waals surface area contributed by atoms with E-state index >= 15 is 0 Å². The van der Waals surface area contributed by atoms with Crippen LogP contribution in [-0.4, -0.2) is 30.7 Å². The van der Waals surface area contributed by atoms with Gasteiger partial charge in [0.05, 0.1) is 22.3 Å². The van der Waals surface area contributed by atoms with Crippen molar-refractivity contribution in [3.8, 4) is 5.69 Å². The van der Waals surface area contributed by atoms with Crippen molar-refractivity contribution in [2.45, 2.75) is 12.1 Å². The topological polar surface area (TPSA) is 69.3 Å². The highest BCUT2D eigenvalue weighted by Crippen LogP contribution is 2.23. The van der Waals surface area contributed by atoms with Crippen LogP contribution in [0.15, 0.2) is 64.5 Å². The lowest BCUT2D eigenvalue weighted by molar-refractivity contribution is -0.114. The van der Waals surface area contributed by atoms with E-state index in [1.165, 1.54) is 18.7 Å². The van der Waals surface area contributed by atoms with Crippen LogP contribution in [0.5, 0.6) is 0 Å². The Hall–Kier alpha value is -2.93. The highest BCUT2D eigenvalue weighted by molar-refractivity contribution is 7.99. The first-order valence-corrected chi connectivity index (χ1v) is 8.72. The normalized spacial score (nSPS) is 11.2. The molecule has 0 fully saturated rings. The third kappa shape index (κ3) is 2.62. The van der Waals surface area contributed by atoms with E-state index in [4.69, 9.17) is 0 Å². The SMILES string of the molecule is CC(=O)CSc1nnc2n(-c3ccccc3)c(=O)c3ccccc3n12. The van der Waals surface area contributed by atoms with Gasteiger partial charge in [-0.25, -0.2) is 4.57 Å². The summed E-state index contributed by atoms with van der Waals surface area (Å²) in [6.45, 7) is 1.54. The van der Waals surface area contributed by atoms with E-state index < -0.39 is 0 Å². The predicted octanol–water partition coefficient (Wildman–Crippen LogP) is 2.71. The molecule has 0 bridgehead atoms. The Labute approximate surface area is 147 Å². The number of thioether (sulfide) groups is 1. The summed E-state index contributed by atoms with van der Waals surface area (Å²) < 4.78 is 3.38. The van der Waals surface area contributed by atoms with Crippen molar-refractivity contribution < 1.29 is 4.79 Å². The number of para-hydroxylation sites is 2. The van der Waals surface area contributed by atoms with Crippen molar-refractivity contribution in [2.75, 3.05) is 5.75 Å². The number of ketones is 1. The summed E-state index contributed by atoms with van der Waals surface area (Å²) in [7, 11) is 0. The summed E-state index contributed by atoms with van der Waals surface area (Å²) in [5.74, 6) is 0.794. The fourth-order valence-electron chi connectivity index (χ4n) is 2.75. The molecule has 0 spiro atoms. The fourth-order valence-corrected chi connectivity index (χ4v) is 3.49. The number of fused-ring (bicyclic) bond motifs is 3. The van der Waals surface area contributed by atoms with Gasteiger partial charge in [0.1, 0.15) is 5.78 Å². The molecule has 25 heavy (non-hydrogen) atoms. The Bertz CT molecular complexity index is 1150. The van der Waals surface area contributed by atoms with E-state index in [1.54, 1.807) is 10.6 Å². The van der Waals surface area contributed by atoms with Crippen molar-refractivity contribution in [3.05, 3.63) is 65.0 Å². The lowest BCUT2D eigenvalue weighted by Crippen LogP contribution is -2.21. The molecule has 0 aliphatic carbocycles. The van der Waals surface area contributed by atoms with Gasteiger partial charge in [-0.05, 0) is 31.2 Å². The Morgan fingerprint density at radius 2 is 1.76 bits per heavy atom. The minimum absolute atomic E-state index is 0.0578. The summed E-state index contributed by atoms with van der Waals surface area (Å²) in [6, 6.07) is 16.7. The summed E-state index contributed by atoms with van der Waals surface area (Å²) >= 11 is 1.31. The molecule has 0 saturated carbocycles. The second-order valence-corrected chi connectivity index (χ2v) is 6.54. The first kappa shape index (κ1) is 15.6. The smallest absolute Gasteiger partial charge is 0.267 e. The number of Topliss-reactive ketones (excluding diaryl/α,β-unsaturated/α-hetero) is 1. The number of carbonyl (C=O) groups excluding carboxylic acids is 1. The number of benzene rings is 2. The van der Waals surface area contributed by atoms with Crippen LogP contribution in [0.2, 0.25) is 0 Å². The Balaban J connectivity index is 2.10. The molecule has 7 heteroatoms. The van der Waals surface area contributed by atoms with Gasteiger partial charge in [-0.1, -0.05) is 42.1 Å². The molecule has 4 rings (SSSR count). The average molecular weight is 350 g/mol. The number of hydrogen-bond acceptors (Lipinski definition) is 5. The van der Waals surface area contributed by atoms with Gasteiger partial charge in [-0.2, -0.15) is 0 Å². The second kappa shape index (κ2) is 6.18. The van der Waals surface area contributed by atoms with Gasteiger partial charge < -0.3 is 0 Å². The number of rotatable bonds is 4. The third-order valence-electron chi connectivity index (χ3n) is 3.81. The maximum atomic E-state index is 13.0. The third-order valence-corrected chi connectivity index (χ3v) is 4.89. The van der Waals surface area contributed by atoms with E-state index in [-0.39, 0.29) is 11.3 Å². The first-order chi connectivity index (χ1) is 12.2. The van der Waals surface area contributed by atoms with Crippen LogP contribution in [0.25, 0.3) is 22.4 Å². The van der Waals surface area contributed by atoms with Gasteiger partial charge in [0.15, 0.2) is 5.16 Å². The molecule has 0 radical (unpaired) electrons. The average Bonchev–Trinajstić information content (AvgIpc) is 3.05. The molecule has 0 aliphatic heterocycles. The summed E-state index contributed by atoms with van der Waals surface area (Å²) in [5.41, 5.74) is 1.30. The lowest BCUT2D eigenvalue weighted by atomic mass is 10.2. The molecule has 2 heterocycles. The van der Waals surface area contributed by atoms with E-state index in [1.807, 2.05) is 52.9 Å². The summed E-state index contributed by atoms with van der Waals surface area (Å²) in [5, 5.41) is 9.60. The van der Waals surface area contributed by atoms with Crippen LogP contribution < -0.4 is 5.56 Å². The molecular formula is C18H14N4O2S. The fraction of sp³-hybridized carbons (Fsp3) is 0.111. The van der Waals surface area contributed by atoms with Crippen molar-refractivity contribution >= 4 is 34.2 Å². The summed E-state index contributed by atoms with van der Waals surface area (Å²) in [6.07, 6.45) is 0. The zero-order valence-corrected chi connectivity index (χ0v) is 14.2. The van der Waals surface area contributed by atoms with Crippen LogP contribution in [-0.2, 0) is 4.79 Å². The van der Waals surface area contributed by atoms with E-state index in [9.17, 15) is 9.59 Å². The lowest BCUT2D eigenvalue weighted by Gasteiger charge is -2.11. The van der Waals surface area contributed by atoms with Gasteiger partial charge in [-0.15, -0.1) is 10.2 Å². The number of carbonyl (C=O) groups is 1. The van der Waals surface area contributed by atoms with Crippen molar-refractivity contribution in [2.24, 2.45) is 0 Å². The monoisotopic (exact) mass is 350 g/mol. The molecule has 0 saturated heterocycles. The molecule has 0 aliphatic rings. The zero-order valence-electron chi connectivity index (χ0n) is 13.4. The van der Waals surface area contributed by atoms with E-state index in [0.29, 0.717) is 22.1 Å². The van der Waals surface area contributed by atoms with Crippen molar-refractivity contribution in [3.63, 3.8) is 0 Å². The molecular weight excluding hydrogens is 336 g/mol. The number of aromatic nitrogens is 4. The Morgan fingerprint density at radius 3 is 2.52 bits per heavy atom. The maximum Gasteiger partial charge on any atom is 0.267 e. The van der Waals surface area contributed by atoms with Crippen LogP contribution in [0.3, 0.4) is 0 Å². The molecule has 0 unspecified atom stereocenters. The first-order valence-electron chi connectivity index (χ1n) is 7.73. The van der Waals surface area contributed by atoms with E-state index in [0.717, 1.165) is 11.2 Å². The maximum absolute atomic E-state index is 13.0. The van der Waals surface area contributed by atoms with Crippen LogP contribution in [0.4, 0.5) is 0 Å². The number of nitrogens with zero attached hydrogens (tertiary/aromatic N) is 4. The van der Waals surface area contributed by atoms with Crippen LogP contribution in [0, 0.1) is 0 Å². The minimum Gasteiger partial charge on any atom is -0.299 e. The van der Waals surface area contributed by atoms with Gasteiger partial charge in [0.2, 0.25) is 5.78 Å². The molecule has 124 valence electrons. The minimum atomic E-state index is -0.148. The molecule has 2 aromatic heterocycles. The van der Waals surface area contributed by atoms with E-state index in [2.05, 4.69) is 10.2 Å². The molecule has 2 aromatic carbocycles. The molecule has 6 nitrogen and oxygen atoms in total. The second-order valence-electron chi connectivity index (χ2n) is 5.60. The quantitative estimate of drug-likeness (QED) is 0.529. The molecule has 0 N–H and O–H groups in total. The molecule has 4 aromatic rings. The molecule has 0 amide bonds. The molecule has 0 atom stereocenters. The summed E-state index contributed by atoms with van der Waals surface area (Å²) in [4.78, 5) is 24.4. The van der Waals surface area contributed by atoms with Gasteiger partial charge >= 0.3 is 0 Å². The van der Waals surface area contributed by atoms with Crippen LogP contribution >= 0.6 is 11.8 Å². The van der Waals surface area contributed by atoms with Crippen molar-refractivity contribution in [1.82, 2.24) is 19.2 Å². The van der Waals surface area contributed by atoms with Gasteiger partial charge in [-0.3, -0.25) is 14.0 Å². The Kier molecular flexibility index (Phi) is 3.85. The van der Waals surface area contributed by atoms with Gasteiger partial charge in [0, 0.05) is 0 Å². The standard InChI is InChI=1S/C18H14N4O2S/c1-12(23)11-25-18-20-19-17-21(13-7-3-2-4-8-13)16(24)14-9-5-6-10-15(14)22(17)18/h2-10H,11H2,1H3. The zero-order chi connectivity index (χ0) is 17.4. The largest absolute Gasteiger partial charge is 0.299 e. The van der Waals surface area contributed by atoms with Crippen LogP contribution in [0.1, 0.15) is 6.92 Å². The predicted molar refractivity (Wildman–Crippen MR) is 97.5 cm³/mol. The highest BCUT2D eigenvalue weighted by Gasteiger charge is 2.17. The van der Waals surface area contributed by atoms with Gasteiger partial charge in [0.25, 0.3) is 5.56 Å². The number of hydrogen-bond donors (Lipinski definition) is 0.